The van der Waals surface area contributed by atoms with Gasteiger partial charge in [-0.3, -0.25) is 4.79 Å². The summed E-state index contributed by atoms with van der Waals surface area (Å²) in [5.41, 5.74) is 0.00155. The fraction of sp³-hybridized carbons (Fsp3) is 0.786. The summed E-state index contributed by atoms with van der Waals surface area (Å²) >= 11 is 0. The van der Waals surface area contributed by atoms with Crippen molar-refractivity contribution in [2.45, 2.75) is 40.2 Å². The molecule has 0 bridgehead atoms. The first-order chi connectivity index (χ1) is 8.19. The van der Waals surface area contributed by atoms with Crippen LogP contribution < -0.4 is 0 Å². The number of ether oxygens (including phenoxy) is 2. The Morgan fingerprint density at radius 2 is 1.94 bits per heavy atom. The Labute approximate surface area is 111 Å². The molecule has 1 unspecified atom stereocenters. The van der Waals surface area contributed by atoms with Gasteiger partial charge in [0.2, 0.25) is 5.91 Å². The zero-order valence-electron chi connectivity index (χ0n) is 12.6. The number of allylic oxidation sites excluding steroid dienone is 1. The molecular weight excluding hydrogens is 230 g/mol. The average Bonchev–Trinajstić information content (AvgIpc) is 2.22. The van der Waals surface area contributed by atoms with Gasteiger partial charge in [0, 0.05) is 21.1 Å². The van der Waals surface area contributed by atoms with Crippen molar-refractivity contribution in [1.82, 2.24) is 4.90 Å². The number of methoxy groups -OCH3 is 1. The zero-order valence-corrected chi connectivity index (χ0v) is 12.6. The van der Waals surface area contributed by atoms with Gasteiger partial charge in [-0.15, -0.1) is 0 Å². The van der Waals surface area contributed by atoms with Crippen molar-refractivity contribution in [1.29, 1.82) is 0 Å². The Bertz CT molecular complexity index is 287. The predicted octanol–water partition coefficient (Wildman–Crippen LogP) is 2.45. The SMILES string of the molecule is C=C(C)OCC(CC(C)(C)COC)N(C)C(C)=O. The molecule has 0 N–H and O–H groups in total. The molecule has 18 heavy (non-hydrogen) atoms. The molecule has 0 rings (SSSR count). The maximum Gasteiger partial charge on any atom is 0.219 e. The normalized spacial score (nSPS) is 13.0. The molecule has 4 nitrogen and oxygen atoms in total. The van der Waals surface area contributed by atoms with E-state index in [9.17, 15) is 4.79 Å². The molecule has 1 amide bonds. The van der Waals surface area contributed by atoms with Crippen molar-refractivity contribution in [2.24, 2.45) is 5.41 Å². The van der Waals surface area contributed by atoms with Crippen molar-refractivity contribution in [3.05, 3.63) is 12.3 Å². The van der Waals surface area contributed by atoms with Gasteiger partial charge in [-0.1, -0.05) is 20.4 Å². The van der Waals surface area contributed by atoms with E-state index < -0.39 is 0 Å². The second-order valence-electron chi connectivity index (χ2n) is 5.60. The fourth-order valence-electron chi connectivity index (χ4n) is 1.89. The van der Waals surface area contributed by atoms with Crippen molar-refractivity contribution in [3.8, 4) is 0 Å². The number of carbonyl (C=O) groups is 1. The molecule has 0 saturated heterocycles. The van der Waals surface area contributed by atoms with Crippen molar-refractivity contribution in [2.75, 3.05) is 27.4 Å². The minimum Gasteiger partial charge on any atom is -0.497 e. The first-order valence-electron chi connectivity index (χ1n) is 6.20. The van der Waals surface area contributed by atoms with Gasteiger partial charge >= 0.3 is 0 Å². The second kappa shape index (κ2) is 7.41. The highest BCUT2D eigenvalue weighted by atomic mass is 16.5. The van der Waals surface area contributed by atoms with Crippen LogP contribution in [0.25, 0.3) is 0 Å². The second-order valence-corrected chi connectivity index (χ2v) is 5.60. The molecule has 0 aliphatic rings. The van der Waals surface area contributed by atoms with Gasteiger partial charge in [0.05, 0.1) is 18.4 Å². The average molecular weight is 257 g/mol. The summed E-state index contributed by atoms with van der Waals surface area (Å²) in [6.45, 7) is 12.5. The van der Waals surface area contributed by atoms with Crippen LogP contribution in [0.4, 0.5) is 0 Å². The zero-order chi connectivity index (χ0) is 14.3. The van der Waals surface area contributed by atoms with E-state index in [1.165, 1.54) is 0 Å². The number of nitrogens with zero attached hydrogens (tertiary/aromatic N) is 1. The fourth-order valence-corrected chi connectivity index (χ4v) is 1.89. The molecule has 0 heterocycles. The number of carbonyl (C=O) groups excluding carboxylic acids is 1. The van der Waals surface area contributed by atoms with Crippen LogP contribution in [0.2, 0.25) is 0 Å². The monoisotopic (exact) mass is 257 g/mol. The largest absolute Gasteiger partial charge is 0.497 e. The Kier molecular flexibility index (Phi) is 6.99. The lowest BCUT2D eigenvalue weighted by Crippen LogP contribution is -2.42. The summed E-state index contributed by atoms with van der Waals surface area (Å²) in [5.74, 6) is 0.708. The predicted molar refractivity (Wildman–Crippen MR) is 73.3 cm³/mol. The molecule has 0 aliphatic carbocycles. The lowest BCUT2D eigenvalue weighted by molar-refractivity contribution is -0.131. The first-order valence-corrected chi connectivity index (χ1v) is 6.20. The van der Waals surface area contributed by atoms with Gasteiger partial charge in [-0.25, -0.2) is 0 Å². The van der Waals surface area contributed by atoms with Crippen LogP contribution in [0.5, 0.6) is 0 Å². The van der Waals surface area contributed by atoms with E-state index in [0.29, 0.717) is 19.0 Å². The maximum atomic E-state index is 11.5. The van der Waals surface area contributed by atoms with E-state index in [0.717, 1.165) is 6.42 Å². The summed E-state index contributed by atoms with van der Waals surface area (Å²) in [6.07, 6.45) is 0.824. The summed E-state index contributed by atoms with van der Waals surface area (Å²) in [7, 11) is 3.49. The van der Waals surface area contributed by atoms with Crippen LogP contribution in [0.1, 0.15) is 34.1 Å². The lowest BCUT2D eigenvalue weighted by atomic mass is 9.86. The minimum absolute atomic E-state index is 0.00155. The van der Waals surface area contributed by atoms with E-state index in [1.54, 1.807) is 26.0 Å². The van der Waals surface area contributed by atoms with E-state index in [4.69, 9.17) is 9.47 Å². The molecule has 0 spiro atoms. The third-order valence-electron chi connectivity index (χ3n) is 2.89. The van der Waals surface area contributed by atoms with Crippen molar-refractivity contribution < 1.29 is 14.3 Å². The minimum atomic E-state index is 0.00155. The van der Waals surface area contributed by atoms with Gasteiger partial charge in [-0.05, 0) is 18.8 Å². The number of rotatable bonds is 8. The quantitative estimate of drug-likeness (QED) is 0.627. The molecule has 0 aromatic carbocycles. The molecule has 0 radical (unpaired) electrons. The van der Waals surface area contributed by atoms with Crippen LogP contribution in [-0.2, 0) is 14.3 Å². The van der Waals surface area contributed by atoms with Crippen LogP contribution >= 0.6 is 0 Å². The summed E-state index contributed by atoms with van der Waals surface area (Å²) < 4.78 is 10.7. The molecule has 0 aliphatic heterocycles. The number of hydrogen-bond donors (Lipinski definition) is 0. The van der Waals surface area contributed by atoms with Gasteiger partial charge in [0.1, 0.15) is 6.61 Å². The van der Waals surface area contributed by atoms with Crippen LogP contribution in [-0.4, -0.2) is 44.2 Å². The maximum absolute atomic E-state index is 11.5. The van der Waals surface area contributed by atoms with E-state index in [1.807, 2.05) is 6.92 Å². The molecule has 0 aromatic heterocycles. The smallest absolute Gasteiger partial charge is 0.219 e. The Morgan fingerprint density at radius 1 is 1.39 bits per heavy atom. The van der Waals surface area contributed by atoms with Crippen molar-refractivity contribution in [3.63, 3.8) is 0 Å². The van der Waals surface area contributed by atoms with Crippen LogP contribution in [0.15, 0.2) is 12.3 Å². The Balaban J connectivity index is 4.65. The van der Waals surface area contributed by atoms with Gasteiger partial charge in [-0.2, -0.15) is 0 Å². The Morgan fingerprint density at radius 3 is 2.33 bits per heavy atom. The molecule has 4 heteroatoms. The molecule has 1 atom stereocenters. The first kappa shape index (κ1) is 17.0. The van der Waals surface area contributed by atoms with E-state index >= 15 is 0 Å². The van der Waals surface area contributed by atoms with E-state index in [2.05, 4.69) is 20.4 Å². The lowest BCUT2D eigenvalue weighted by Gasteiger charge is -2.34. The van der Waals surface area contributed by atoms with Gasteiger partial charge in [0.25, 0.3) is 0 Å². The van der Waals surface area contributed by atoms with E-state index in [-0.39, 0.29) is 17.4 Å². The number of amides is 1. The van der Waals surface area contributed by atoms with Gasteiger partial charge in [0.15, 0.2) is 0 Å². The summed E-state index contributed by atoms with van der Waals surface area (Å²) in [4.78, 5) is 13.2. The Hall–Kier alpha value is -1.03. The topological polar surface area (TPSA) is 38.8 Å². The van der Waals surface area contributed by atoms with Crippen LogP contribution in [0.3, 0.4) is 0 Å². The molecule has 0 aromatic rings. The standard InChI is InChI=1S/C14H27NO3/c1-11(2)18-9-13(15(6)12(3)16)8-14(4,5)10-17-7/h13H,1,8-10H2,2-7H3. The molecular formula is C14H27NO3. The summed E-state index contributed by atoms with van der Waals surface area (Å²) in [6, 6.07) is 0.0318. The summed E-state index contributed by atoms with van der Waals surface area (Å²) in [5, 5.41) is 0. The van der Waals surface area contributed by atoms with Gasteiger partial charge < -0.3 is 14.4 Å². The molecule has 0 saturated carbocycles. The van der Waals surface area contributed by atoms with Crippen molar-refractivity contribution >= 4 is 5.91 Å². The highest BCUT2D eigenvalue weighted by molar-refractivity contribution is 5.73. The molecule has 0 fully saturated rings. The number of likely N-dealkylation sites (N-methyl/N-ethyl adjacent to an activating group) is 1. The van der Waals surface area contributed by atoms with Crippen LogP contribution in [0, 0.1) is 5.41 Å². The number of hydrogen-bond acceptors (Lipinski definition) is 3. The third-order valence-corrected chi connectivity index (χ3v) is 2.89. The highest BCUT2D eigenvalue weighted by Gasteiger charge is 2.27. The molecule has 106 valence electrons. The highest BCUT2D eigenvalue weighted by Crippen LogP contribution is 2.25. The third kappa shape index (κ3) is 6.64.